The lowest BCUT2D eigenvalue weighted by atomic mass is 10.1. The summed E-state index contributed by atoms with van der Waals surface area (Å²) in [7, 11) is 0. The lowest BCUT2D eigenvalue weighted by Crippen LogP contribution is -2.22. The third-order valence-electron chi connectivity index (χ3n) is 3.74. The zero-order valence-electron chi connectivity index (χ0n) is 9.94. The molecular weight excluding hydrogens is 230 g/mol. The quantitative estimate of drug-likeness (QED) is 0.799. The smallest absolute Gasteiger partial charge is 0.106 e. The van der Waals surface area contributed by atoms with Gasteiger partial charge in [0.2, 0.25) is 0 Å². The molecule has 17 heavy (non-hydrogen) atoms. The normalized spacial score (nSPS) is 24.3. The van der Waals surface area contributed by atoms with Crippen molar-refractivity contribution in [2.75, 3.05) is 11.1 Å². The fraction of sp³-hybridized carbons (Fsp3) is 0.462. The van der Waals surface area contributed by atoms with Crippen molar-refractivity contribution < 1.29 is 0 Å². The summed E-state index contributed by atoms with van der Waals surface area (Å²) in [4.78, 5) is 4.33. The lowest BCUT2D eigenvalue weighted by Gasteiger charge is -2.19. The Morgan fingerprint density at radius 1 is 1.41 bits per heavy atom. The number of aromatic nitrogens is 1. The van der Waals surface area contributed by atoms with Crippen molar-refractivity contribution in [1.82, 2.24) is 4.98 Å². The van der Waals surface area contributed by atoms with Gasteiger partial charge in [-0.2, -0.15) is 0 Å². The van der Waals surface area contributed by atoms with E-state index in [2.05, 4.69) is 29.4 Å². The minimum atomic E-state index is 0.563. The predicted octanol–water partition coefficient (Wildman–Crippen LogP) is 3.48. The molecule has 0 saturated heterocycles. The summed E-state index contributed by atoms with van der Waals surface area (Å²) in [6, 6.07) is 4.75. The van der Waals surface area contributed by atoms with Crippen LogP contribution in [0.4, 0.5) is 11.4 Å². The second kappa shape index (κ2) is 4.18. The fourth-order valence-electron chi connectivity index (χ4n) is 2.64. The maximum Gasteiger partial charge on any atom is 0.106 e. The number of hydrogen-bond acceptors (Lipinski definition) is 4. The highest BCUT2D eigenvalue weighted by atomic mass is 32.1. The number of nitrogens with one attached hydrogen (secondary N) is 1. The molecule has 1 aromatic heterocycles. The number of benzene rings is 1. The third-order valence-corrected chi connectivity index (χ3v) is 4.54. The monoisotopic (exact) mass is 247 g/mol. The topological polar surface area (TPSA) is 50.9 Å². The zero-order valence-corrected chi connectivity index (χ0v) is 10.8. The van der Waals surface area contributed by atoms with Crippen LogP contribution >= 0.6 is 11.3 Å². The molecule has 2 aromatic rings. The van der Waals surface area contributed by atoms with Crippen LogP contribution in [0, 0.1) is 5.92 Å². The average Bonchev–Trinajstić information content (AvgIpc) is 2.92. The first-order valence-corrected chi connectivity index (χ1v) is 7.02. The van der Waals surface area contributed by atoms with Gasteiger partial charge in [0, 0.05) is 6.04 Å². The summed E-state index contributed by atoms with van der Waals surface area (Å²) >= 11 is 1.63. The summed E-state index contributed by atoms with van der Waals surface area (Å²) in [6.45, 7) is 2.31. The van der Waals surface area contributed by atoms with Gasteiger partial charge in [0.15, 0.2) is 0 Å². The zero-order chi connectivity index (χ0) is 11.8. The van der Waals surface area contributed by atoms with Crippen LogP contribution in [-0.2, 0) is 0 Å². The van der Waals surface area contributed by atoms with Crippen LogP contribution in [0.3, 0.4) is 0 Å². The van der Waals surface area contributed by atoms with Gasteiger partial charge in [-0.3, -0.25) is 0 Å². The first-order chi connectivity index (χ1) is 8.25. The van der Waals surface area contributed by atoms with Crippen molar-refractivity contribution in [2.45, 2.75) is 32.2 Å². The Balaban J connectivity index is 1.92. The van der Waals surface area contributed by atoms with Gasteiger partial charge in [0.05, 0.1) is 21.6 Å². The third kappa shape index (κ3) is 1.86. The molecule has 0 amide bonds. The van der Waals surface area contributed by atoms with Crippen LogP contribution in [0.15, 0.2) is 17.6 Å². The highest BCUT2D eigenvalue weighted by molar-refractivity contribution is 7.16. The van der Waals surface area contributed by atoms with Gasteiger partial charge in [-0.15, -0.1) is 11.3 Å². The first kappa shape index (κ1) is 10.8. The molecule has 1 heterocycles. The van der Waals surface area contributed by atoms with Crippen molar-refractivity contribution in [2.24, 2.45) is 5.92 Å². The second-order valence-electron chi connectivity index (χ2n) is 4.88. The van der Waals surface area contributed by atoms with E-state index in [9.17, 15) is 0 Å². The van der Waals surface area contributed by atoms with Crippen molar-refractivity contribution in [1.29, 1.82) is 0 Å². The van der Waals surface area contributed by atoms with Crippen LogP contribution in [0.5, 0.6) is 0 Å². The largest absolute Gasteiger partial charge is 0.395 e. The molecule has 1 aliphatic rings. The minimum absolute atomic E-state index is 0.563. The number of fused-ring (bicyclic) bond motifs is 1. The SMILES string of the molecule is CC1CCCC1Nc1ccc2scnc2c1N. The molecule has 1 saturated carbocycles. The van der Waals surface area contributed by atoms with Crippen molar-refractivity contribution in [3.63, 3.8) is 0 Å². The lowest BCUT2D eigenvalue weighted by molar-refractivity contribution is 0.556. The highest BCUT2D eigenvalue weighted by Gasteiger charge is 2.23. The number of nitrogen functional groups attached to an aromatic ring is 1. The van der Waals surface area contributed by atoms with E-state index in [-0.39, 0.29) is 0 Å². The second-order valence-corrected chi connectivity index (χ2v) is 5.77. The van der Waals surface area contributed by atoms with Crippen LogP contribution in [-0.4, -0.2) is 11.0 Å². The van der Waals surface area contributed by atoms with Crippen molar-refractivity contribution in [3.05, 3.63) is 17.6 Å². The molecule has 2 unspecified atom stereocenters. The molecule has 0 bridgehead atoms. The van der Waals surface area contributed by atoms with E-state index in [0.29, 0.717) is 6.04 Å². The molecule has 1 aromatic carbocycles. The van der Waals surface area contributed by atoms with Crippen molar-refractivity contribution >= 4 is 32.9 Å². The molecule has 90 valence electrons. The molecule has 0 aliphatic heterocycles. The number of anilines is 2. The van der Waals surface area contributed by atoms with E-state index >= 15 is 0 Å². The summed E-state index contributed by atoms with van der Waals surface area (Å²) in [5.41, 5.74) is 10.8. The number of thiazole rings is 1. The number of nitrogens with zero attached hydrogens (tertiary/aromatic N) is 1. The Morgan fingerprint density at radius 2 is 2.29 bits per heavy atom. The Bertz CT molecular complexity index is 534. The summed E-state index contributed by atoms with van der Waals surface area (Å²) < 4.78 is 1.16. The Labute approximate surface area is 105 Å². The van der Waals surface area contributed by atoms with E-state index in [1.54, 1.807) is 11.3 Å². The molecule has 0 spiro atoms. The van der Waals surface area contributed by atoms with E-state index in [4.69, 9.17) is 5.73 Å². The predicted molar refractivity (Wildman–Crippen MR) is 74.5 cm³/mol. The number of hydrogen-bond donors (Lipinski definition) is 2. The summed E-state index contributed by atoms with van der Waals surface area (Å²) in [5.74, 6) is 0.737. The number of rotatable bonds is 2. The summed E-state index contributed by atoms with van der Waals surface area (Å²) in [6.07, 6.45) is 3.88. The minimum Gasteiger partial charge on any atom is -0.395 e. The van der Waals surface area contributed by atoms with Gasteiger partial charge in [-0.1, -0.05) is 13.3 Å². The van der Waals surface area contributed by atoms with Gasteiger partial charge in [0.25, 0.3) is 0 Å². The molecule has 4 heteroatoms. The molecule has 3 nitrogen and oxygen atoms in total. The molecule has 1 fully saturated rings. The Hall–Kier alpha value is -1.29. The molecular formula is C13H17N3S. The molecule has 3 N–H and O–H groups in total. The van der Waals surface area contributed by atoms with Gasteiger partial charge >= 0.3 is 0 Å². The van der Waals surface area contributed by atoms with Crippen LogP contribution in [0.2, 0.25) is 0 Å². The number of nitrogens with two attached hydrogens (primary N) is 1. The van der Waals surface area contributed by atoms with Crippen molar-refractivity contribution in [3.8, 4) is 0 Å². The fourth-order valence-corrected chi connectivity index (χ4v) is 3.33. The summed E-state index contributed by atoms with van der Waals surface area (Å²) in [5, 5.41) is 3.58. The maximum absolute atomic E-state index is 6.17. The van der Waals surface area contributed by atoms with E-state index in [1.165, 1.54) is 19.3 Å². The maximum atomic E-state index is 6.17. The highest BCUT2D eigenvalue weighted by Crippen LogP contribution is 2.33. The van der Waals surface area contributed by atoms with E-state index in [0.717, 1.165) is 27.5 Å². The molecule has 0 radical (unpaired) electrons. The van der Waals surface area contributed by atoms with E-state index in [1.807, 2.05) is 5.51 Å². The Morgan fingerprint density at radius 3 is 3.06 bits per heavy atom. The molecule has 2 atom stereocenters. The van der Waals surface area contributed by atoms with E-state index < -0.39 is 0 Å². The molecule has 3 rings (SSSR count). The van der Waals surface area contributed by atoms with Gasteiger partial charge in [-0.05, 0) is 30.9 Å². The van der Waals surface area contributed by atoms with Crippen LogP contribution in [0.25, 0.3) is 10.2 Å². The van der Waals surface area contributed by atoms with Gasteiger partial charge in [0.1, 0.15) is 5.52 Å². The Kier molecular flexibility index (Phi) is 2.67. The van der Waals surface area contributed by atoms with Gasteiger partial charge in [-0.25, -0.2) is 4.98 Å². The first-order valence-electron chi connectivity index (χ1n) is 6.14. The van der Waals surface area contributed by atoms with Gasteiger partial charge < -0.3 is 11.1 Å². The van der Waals surface area contributed by atoms with Crippen LogP contribution < -0.4 is 11.1 Å². The molecule has 1 aliphatic carbocycles. The standard InChI is InChI=1S/C13H17N3S/c1-8-3-2-4-9(8)16-10-5-6-11-13(12(10)14)15-7-17-11/h5-9,16H,2-4,14H2,1H3. The van der Waals surface area contributed by atoms with Crippen LogP contribution in [0.1, 0.15) is 26.2 Å². The average molecular weight is 247 g/mol.